The normalized spacial score (nSPS) is 27.4. The Bertz CT molecular complexity index is 604. The number of carbonyl (C=O) groups excluding carboxylic acids is 1. The Kier molecular flexibility index (Phi) is 3.89. The number of rotatable bonds is 2. The first-order valence-electron chi connectivity index (χ1n) is 8.65. The van der Waals surface area contributed by atoms with E-state index in [-0.39, 0.29) is 5.91 Å². The van der Waals surface area contributed by atoms with Gasteiger partial charge in [0.25, 0.3) is 5.91 Å². The van der Waals surface area contributed by atoms with Gasteiger partial charge in [0, 0.05) is 24.2 Å². The Morgan fingerprint density at radius 3 is 2.57 bits per heavy atom. The van der Waals surface area contributed by atoms with Crippen LogP contribution in [0.4, 0.5) is 0 Å². The monoisotopic (exact) mass is 316 g/mol. The third kappa shape index (κ3) is 2.67. The summed E-state index contributed by atoms with van der Waals surface area (Å²) in [5.41, 5.74) is 0.710. The Morgan fingerprint density at radius 2 is 1.78 bits per heavy atom. The van der Waals surface area contributed by atoms with Crippen molar-refractivity contribution in [3.8, 4) is 11.5 Å². The lowest BCUT2D eigenvalue weighted by atomic mass is 10.0. The molecule has 1 amide bonds. The molecule has 23 heavy (non-hydrogen) atoms. The molecule has 0 radical (unpaired) electrons. The molecule has 2 fully saturated rings. The second-order valence-electron chi connectivity index (χ2n) is 6.76. The van der Waals surface area contributed by atoms with Crippen LogP contribution in [0.5, 0.6) is 11.5 Å². The maximum absolute atomic E-state index is 13.0. The van der Waals surface area contributed by atoms with Crippen molar-refractivity contribution < 1.29 is 14.3 Å². The van der Waals surface area contributed by atoms with Crippen LogP contribution in [-0.4, -0.2) is 61.1 Å². The standard InChI is InChI=1S/C18H24N2O3/c1-19-8-2-4-14(19)15-5-3-9-20(15)18(21)13-6-7-16-17(12-13)23-11-10-22-16/h6-7,12,14-15H,2-5,8-11H2,1H3/t14-,15-/m0/s1. The summed E-state index contributed by atoms with van der Waals surface area (Å²) in [7, 11) is 2.18. The fourth-order valence-electron chi connectivity index (χ4n) is 4.21. The lowest BCUT2D eigenvalue weighted by molar-refractivity contribution is 0.0663. The minimum Gasteiger partial charge on any atom is -0.486 e. The number of carbonyl (C=O) groups is 1. The maximum atomic E-state index is 13.0. The van der Waals surface area contributed by atoms with Crippen LogP contribution in [0.1, 0.15) is 36.0 Å². The maximum Gasteiger partial charge on any atom is 0.254 e. The van der Waals surface area contributed by atoms with E-state index in [1.165, 1.54) is 12.8 Å². The Hall–Kier alpha value is -1.75. The molecule has 1 aromatic carbocycles. The summed E-state index contributed by atoms with van der Waals surface area (Å²) in [4.78, 5) is 17.5. The van der Waals surface area contributed by atoms with E-state index < -0.39 is 0 Å². The Balaban J connectivity index is 1.55. The van der Waals surface area contributed by atoms with Crippen molar-refractivity contribution in [1.82, 2.24) is 9.80 Å². The van der Waals surface area contributed by atoms with Crippen LogP contribution in [0, 0.1) is 0 Å². The van der Waals surface area contributed by atoms with Gasteiger partial charge in [0.2, 0.25) is 0 Å². The molecule has 0 spiro atoms. The number of likely N-dealkylation sites (tertiary alicyclic amines) is 2. The first-order chi connectivity index (χ1) is 11.2. The largest absolute Gasteiger partial charge is 0.486 e. The smallest absolute Gasteiger partial charge is 0.254 e. The van der Waals surface area contributed by atoms with Crippen LogP contribution in [0.2, 0.25) is 0 Å². The van der Waals surface area contributed by atoms with Gasteiger partial charge in [-0.2, -0.15) is 0 Å². The van der Waals surface area contributed by atoms with Gasteiger partial charge in [-0.1, -0.05) is 0 Å². The van der Waals surface area contributed by atoms with E-state index in [1.54, 1.807) is 0 Å². The van der Waals surface area contributed by atoms with Crippen molar-refractivity contribution in [1.29, 1.82) is 0 Å². The fourth-order valence-corrected chi connectivity index (χ4v) is 4.21. The third-order valence-corrected chi connectivity index (χ3v) is 5.37. The topological polar surface area (TPSA) is 42.0 Å². The van der Waals surface area contributed by atoms with Crippen molar-refractivity contribution in [2.75, 3.05) is 33.4 Å². The van der Waals surface area contributed by atoms with E-state index >= 15 is 0 Å². The number of nitrogens with zero attached hydrogens (tertiary/aromatic N) is 2. The molecule has 0 N–H and O–H groups in total. The molecule has 2 atom stereocenters. The van der Waals surface area contributed by atoms with Crippen LogP contribution < -0.4 is 9.47 Å². The summed E-state index contributed by atoms with van der Waals surface area (Å²) < 4.78 is 11.2. The van der Waals surface area contributed by atoms with Crippen LogP contribution >= 0.6 is 0 Å². The highest BCUT2D eigenvalue weighted by atomic mass is 16.6. The summed E-state index contributed by atoms with van der Waals surface area (Å²) in [5, 5.41) is 0. The predicted molar refractivity (Wildman–Crippen MR) is 87.1 cm³/mol. The average Bonchev–Trinajstić information content (AvgIpc) is 3.22. The molecular formula is C18H24N2O3. The summed E-state index contributed by atoms with van der Waals surface area (Å²) in [5.74, 6) is 1.56. The van der Waals surface area contributed by atoms with Crippen molar-refractivity contribution in [2.45, 2.75) is 37.8 Å². The van der Waals surface area contributed by atoms with E-state index in [0.29, 0.717) is 36.6 Å². The molecule has 3 heterocycles. The minimum absolute atomic E-state index is 0.129. The quantitative estimate of drug-likeness (QED) is 0.838. The molecule has 124 valence electrons. The SMILES string of the molecule is CN1CCC[C@H]1[C@@H]1CCCN1C(=O)c1ccc2c(c1)OCCO2. The van der Waals surface area contributed by atoms with Crippen molar-refractivity contribution >= 4 is 5.91 Å². The van der Waals surface area contributed by atoms with Gasteiger partial charge in [-0.3, -0.25) is 4.79 Å². The summed E-state index contributed by atoms with van der Waals surface area (Å²) in [6, 6.07) is 6.42. The molecule has 0 bridgehead atoms. The zero-order valence-electron chi connectivity index (χ0n) is 13.7. The van der Waals surface area contributed by atoms with Gasteiger partial charge in [-0.05, 0) is 57.5 Å². The van der Waals surface area contributed by atoms with E-state index in [2.05, 4.69) is 16.8 Å². The third-order valence-electron chi connectivity index (χ3n) is 5.37. The average molecular weight is 316 g/mol. The highest BCUT2D eigenvalue weighted by Crippen LogP contribution is 2.33. The number of hydrogen-bond donors (Lipinski definition) is 0. The Morgan fingerprint density at radius 1 is 1.04 bits per heavy atom. The van der Waals surface area contributed by atoms with Gasteiger partial charge in [0.15, 0.2) is 11.5 Å². The van der Waals surface area contributed by atoms with E-state index in [0.717, 1.165) is 31.7 Å². The van der Waals surface area contributed by atoms with Gasteiger partial charge >= 0.3 is 0 Å². The van der Waals surface area contributed by atoms with Crippen molar-refractivity contribution in [2.24, 2.45) is 0 Å². The zero-order valence-corrected chi connectivity index (χ0v) is 13.7. The molecule has 3 aliphatic heterocycles. The lowest BCUT2D eigenvalue weighted by Crippen LogP contribution is -2.47. The second kappa shape index (κ2) is 6.04. The van der Waals surface area contributed by atoms with Gasteiger partial charge < -0.3 is 19.3 Å². The van der Waals surface area contributed by atoms with Gasteiger partial charge in [-0.25, -0.2) is 0 Å². The number of ether oxygens (including phenoxy) is 2. The molecule has 0 aromatic heterocycles. The molecule has 5 heteroatoms. The molecule has 2 saturated heterocycles. The van der Waals surface area contributed by atoms with Crippen LogP contribution in [0.3, 0.4) is 0 Å². The van der Waals surface area contributed by atoms with Crippen LogP contribution in [-0.2, 0) is 0 Å². The first kappa shape index (κ1) is 14.8. The van der Waals surface area contributed by atoms with Crippen molar-refractivity contribution in [3.05, 3.63) is 23.8 Å². The number of likely N-dealkylation sites (N-methyl/N-ethyl adjacent to an activating group) is 1. The van der Waals surface area contributed by atoms with Crippen LogP contribution in [0.15, 0.2) is 18.2 Å². The minimum atomic E-state index is 0.129. The molecule has 1 aromatic rings. The van der Waals surface area contributed by atoms with Crippen LogP contribution in [0.25, 0.3) is 0 Å². The van der Waals surface area contributed by atoms with E-state index in [9.17, 15) is 4.79 Å². The zero-order chi connectivity index (χ0) is 15.8. The van der Waals surface area contributed by atoms with Gasteiger partial charge in [-0.15, -0.1) is 0 Å². The predicted octanol–water partition coefficient (Wildman–Crippen LogP) is 2.16. The molecular weight excluding hydrogens is 292 g/mol. The van der Waals surface area contributed by atoms with E-state index in [1.807, 2.05) is 18.2 Å². The number of fused-ring (bicyclic) bond motifs is 1. The molecule has 0 unspecified atom stereocenters. The van der Waals surface area contributed by atoms with Crippen molar-refractivity contribution in [3.63, 3.8) is 0 Å². The molecule has 4 rings (SSSR count). The molecule has 0 saturated carbocycles. The second-order valence-corrected chi connectivity index (χ2v) is 6.76. The summed E-state index contributed by atoms with van der Waals surface area (Å²) in [6.07, 6.45) is 4.66. The van der Waals surface area contributed by atoms with Gasteiger partial charge in [0.05, 0.1) is 0 Å². The summed E-state index contributed by atoms with van der Waals surface area (Å²) >= 11 is 0. The Labute approximate surface area is 137 Å². The molecule has 3 aliphatic rings. The number of benzene rings is 1. The van der Waals surface area contributed by atoms with E-state index in [4.69, 9.17) is 9.47 Å². The highest BCUT2D eigenvalue weighted by Gasteiger charge is 2.38. The number of amides is 1. The highest BCUT2D eigenvalue weighted by molar-refractivity contribution is 5.95. The summed E-state index contributed by atoms with van der Waals surface area (Å²) in [6.45, 7) is 3.13. The first-order valence-corrected chi connectivity index (χ1v) is 8.65. The number of hydrogen-bond acceptors (Lipinski definition) is 4. The molecule has 5 nitrogen and oxygen atoms in total. The fraction of sp³-hybridized carbons (Fsp3) is 0.611. The van der Waals surface area contributed by atoms with Gasteiger partial charge in [0.1, 0.15) is 13.2 Å². The molecule has 0 aliphatic carbocycles. The lowest BCUT2D eigenvalue weighted by Gasteiger charge is -2.33.